The molecule has 1 heterocycles. The molecule has 0 radical (unpaired) electrons. The predicted molar refractivity (Wildman–Crippen MR) is 91.6 cm³/mol. The zero-order valence-electron chi connectivity index (χ0n) is 13.5. The van der Waals surface area contributed by atoms with Crippen LogP contribution in [0.4, 0.5) is 0 Å². The van der Waals surface area contributed by atoms with Crippen LogP contribution in [0.3, 0.4) is 0 Å². The van der Waals surface area contributed by atoms with Crippen molar-refractivity contribution in [3.05, 3.63) is 29.3 Å². The van der Waals surface area contributed by atoms with Crippen LogP contribution in [0.5, 0.6) is 5.75 Å². The van der Waals surface area contributed by atoms with Crippen molar-refractivity contribution in [1.82, 2.24) is 4.90 Å². The number of likely N-dealkylation sites (tertiary alicyclic amines) is 1. The van der Waals surface area contributed by atoms with E-state index in [0.717, 1.165) is 43.2 Å². The lowest BCUT2D eigenvalue weighted by Crippen LogP contribution is -2.44. The maximum atomic E-state index is 10.3. The first-order valence-electron chi connectivity index (χ1n) is 8.48. The summed E-state index contributed by atoms with van der Waals surface area (Å²) in [5, 5.41) is 11.0. The van der Waals surface area contributed by atoms with Gasteiger partial charge < -0.3 is 14.7 Å². The van der Waals surface area contributed by atoms with Crippen molar-refractivity contribution < 1.29 is 9.84 Å². The van der Waals surface area contributed by atoms with E-state index in [4.69, 9.17) is 16.3 Å². The Balaban J connectivity index is 1.65. The molecule has 2 atom stereocenters. The van der Waals surface area contributed by atoms with E-state index in [0.29, 0.717) is 12.5 Å². The monoisotopic (exact) mass is 325 g/mol. The van der Waals surface area contributed by atoms with Crippen LogP contribution in [0.1, 0.15) is 39.0 Å². The predicted octanol–water partition coefficient (Wildman–Crippen LogP) is 3.98. The lowest BCUT2D eigenvalue weighted by Gasteiger charge is -2.36. The number of unbranched alkanes of at least 4 members (excludes halogenated alkanes) is 2. The molecule has 0 aliphatic carbocycles. The fraction of sp³-hybridized carbons (Fsp3) is 0.667. The highest BCUT2D eigenvalue weighted by molar-refractivity contribution is 6.30. The van der Waals surface area contributed by atoms with Gasteiger partial charge in [-0.15, -0.1) is 0 Å². The summed E-state index contributed by atoms with van der Waals surface area (Å²) in [5.41, 5.74) is 0. The molecule has 124 valence electrons. The number of aliphatic hydroxyl groups excluding tert-OH is 1. The number of hydrogen-bond donors (Lipinski definition) is 1. The normalized spacial score (nSPS) is 22.7. The molecule has 0 aromatic heterocycles. The zero-order valence-corrected chi connectivity index (χ0v) is 14.3. The van der Waals surface area contributed by atoms with Gasteiger partial charge in [0.1, 0.15) is 5.75 Å². The van der Waals surface area contributed by atoms with Gasteiger partial charge in [-0.2, -0.15) is 0 Å². The average molecular weight is 326 g/mol. The fourth-order valence-electron chi connectivity index (χ4n) is 3.03. The van der Waals surface area contributed by atoms with E-state index in [9.17, 15) is 5.11 Å². The van der Waals surface area contributed by atoms with Crippen LogP contribution in [0.25, 0.3) is 0 Å². The molecule has 1 fully saturated rings. The van der Waals surface area contributed by atoms with Crippen LogP contribution in [0.15, 0.2) is 24.3 Å². The highest BCUT2D eigenvalue weighted by Crippen LogP contribution is 2.22. The van der Waals surface area contributed by atoms with Crippen molar-refractivity contribution in [2.75, 3.05) is 26.2 Å². The second kappa shape index (κ2) is 9.39. The summed E-state index contributed by atoms with van der Waals surface area (Å²) in [6, 6.07) is 7.44. The molecule has 1 aliphatic rings. The molecule has 1 saturated heterocycles. The maximum absolute atomic E-state index is 10.3. The smallest absolute Gasteiger partial charge is 0.119 e. The van der Waals surface area contributed by atoms with E-state index < -0.39 is 0 Å². The number of piperidine rings is 1. The van der Waals surface area contributed by atoms with Gasteiger partial charge in [0.25, 0.3) is 0 Å². The molecule has 0 bridgehead atoms. The van der Waals surface area contributed by atoms with Gasteiger partial charge >= 0.3 is 0 Å². The van der Waals surface area contributed by atoms with E-state index in [1.54, 1.807) is 0 Å². The Bertz CT molecular complexity index is 424. The second-order valence-corrected chi connectivity index (χ2v) is 6.65. The van der Waals surface area contributed by atoms with Crippen molar-refractivity contribution in [3.63, 3.8) is 0 Å². The Morgan fingerprint density at radius 1 is 1.27 bits per heavy atom. The maximum Gasteiger partial charge on any atom is 0.119 e. The first-order chi connectivity index (χ1) is 10.7. The SMILES string of the molecule is CCCCCN1CCC(CCOc2ccc(Cl)cc2)C(O)C1. The van der Waals surface area contributed by atoms with Crippen LogP contribution >= 0.6 is 11.6 Å². The molecule has 2 rings (SSSR count). The van der Waals surface area contributed by atoms with Crippen LogP contribution < -0.4 is 4.74 Å². The van der Waals surface area contributed by atoms with E-state index >= 15 is 0 Å². The topological polar surface area (TPSA) is 32.7 Å². The third-order valence-corrected chi connectivity index (χ3v) is 4.71. The Labute approximate surface area is 139 Å². The van der Waals surface area contributed by atoms with Crippen LogP contribution in [-0.2, 0) is 0 Å². The number of β-amino-alcohol motifs (C(OH)–C–C–N with tert-alkyl or cyclic N) is 1. The first kappa shape index (κ1) is 17.6. The average Bonchev–Trinajstić information content (AvgIpc) is 2.51. The molecule has 1 N–H and O–H groups in total. The molecule has 4 heteroatoms. The Morgan fingerprint density at radius 2 is 2.05 bits per heavy atom. The molecule has 1 aromatic rings. The molecule has 0 saturated carbocycles. The fourth-order valence-corrected chi connectivity index (χ4v) is 3.16. The van der Waals surface area contributed by atoms with Gasteiger partial charge in [0.15, 0.2) is 0 Å². The molecular weight excluding hydrogens is 298 g/mol. The van der Waals surface area contributed by atoms with Crippen molar-refractivity contribution in [1.29, 1.82) is 0 Å². The summed E-state index contributed by atoms with van der Waals surface area (Å²) in [6.07, 6.45) is 5.54. The molecule has 0 amide bonds. The molecule has 1 aliphatic heterocycles. The highest BCUT2D eigenvalue weighted by atomic mass is 35.5. The van der Waals surface area contributed by atoms with Gasteiger partial charge in [-0.3, -0.25) is 0 Å². The lowest BCUT2D eigenvalue weighted by atomic mass is 9.91. The summed E-state index contributed by atoms with van der Waals surface area (Å²) in [4.78, 5) is 2.40. The van der Waals surface area contributed by atoms with Crippen LogP contribution in [0.2, 0.25) is 5.02 Å². The molecular formula is C18H28ClNO2. The van der Waals surface area contributed by atoms with Gasteiger partial charge in [-0.1, -0.05) is 31.4 Å². The molecule has 2 unspecified atom stereocenters. The van der Waals surface area contributed by atoms with E-state index in [1.165, 1.54) is 19.3 Å². The number of nitrogens with zero attached hydrogens (tertiary/aromatic N) is 1. The Hall–Kier alpha value is -0.770. The van der Waals surface area contributed by atoms with Gasteiger partial charge in [0.2, 0.25) is 0 Å². The number of aliphatic hydroxyl groups is 1. The number of hydrogen-bond acceptors (Lipinski definition) is 3. The standard InChI is InChI=1S/C18H28ClNO2/c1-2-3-4-11-20-12-9-15(18(21)14-20)10-13-22-17-7-5-16(19)6-8-17/h5-8,15,18,21H,2-4,9-14H2,1H3. The molecule has 1 aromatic carbocycles. The first-order valence-corrected chi connectivity index (χ1v) is 8.85. The highest BCUT2D eigenvalue weighted by Gasteiger charge is 2.27. The summed E-state index contributed by atoms with van der Waals surface area (Å²) >= 11 is 5.85. The van der Waals surface area contributed by atoms with E-state index in [2.05, 4.69) is 11.8 Å². The zero-order chi connectivity index (χ0) is 15.8. The molecule has 22 heavy (non-hydrogen) atoms. The Morgan fingerprint density at radius 3 is 2.73 bits per heavy atom. The third kappa shape index (κ3) is 5.79. The van der Waals surface area contributed by atoms with Crippen molar-refractivity contribution in [2.45, 2.75) is 45.1 Å². The molecule has 0 spiro atoms. The number of rotatable bonds is 8. The second-order valence-electron chi connectivity index (χ2n) is 6.21. The summed E-state index contributed by atoms with van der Waals surface area (Å²) in [6.45, 7) is 5.92. The van der Waals surface area contributed by atoms with E-state index in [1.807, 2.05) is 24.3 Å². The summed E-state index contributed by atoms with van der Waals surface area (Å²) in [5.74, 6) is 1.20. The van der Waals surface area contributed by atoms with Gasteiger partial charge in [0, 0.05) is 11.6 Å². The Kier molecular flexibility index (Phi) is 7.50. The minimum atomic E-state index is -0.218. The van der Waals surface area contributed by atoms with Crippen LogP contribution in [-0.4, -0.2) is 42.4 Å². The number of benzene rings is 1. The summed E-state index contributed by atoms with van der Waals surface area (Å²) in [7, 11) is 0. The van der Waals surface area contributed by atoms with Crippen molar-refractivity contribution in [3.8, 4) is 5.75 Å². The minimum absolute atomic E-state index is 0.218. The number of ether oxygens (including phenoxy) is 1. The van der Waals surface area contributed by atoms with Crippen molar-refractivity contribution in [2.24, 2.45) is 5.92 Å². The van der Waals surface area contributed by atoms with Crippen LogP contribution in [0, 0.1) is 5.92 Å². The van der Waals surface area contributed by atoms with E-state index in [-0.39, 0.29) is 6.10 Å². The van der Waals surface area contributed by atoms with Gasteiger partial charge in [-0.05, 0) is 62.5 Å². The quantitative estimate of drug-likeness (QED) is 0.734. The number of halogens is 1. The third-order valence-electron chi connectivity index (χ3n) is 4.45. The minimum Gasteiger partial charge on any atom is -0.494 e. The van der Waals surface area contributed by atoms with Gasteiger partial charge in [-0.25, -0.2) is 0 Å². The molecule has 3 nitrogen and oxygen atoms in total. The summed E-state index contributed by atoms with van der Waals surface area (Å²) < 4.78 is 5.73. The lowest BCUT2D eigenvalue weighted by molar-refractivity contribution is 0.0129. The van der Waals surface area contributed by atoms with Crippen molar-refractivity contribution >= 4 is 11.6 Å². The largest absolute Gasteiger partial charge is 0.494 e. The van der Waals surface area contributed by atoms with Gasteiger partial charge in [0.05, 0.1) is 12.7 Å².